The highest BCUT2D eigenvalue weighted by Crippen LogP contribution is 2.30. The summed E-state index contributed by atoms with van der Waals surface area (Å²) in [5, 5.41) is 9.31. The second-order valence-corrected chi connectivity index (χ2v) is 11.2. The zero-order chi connectivity index (χ0) is 22.1. The molecule has 30 heavy (non-hydrogen) atoms. The van der Waals surface area contributed by atoms with Gasteiger partial charge < -0.3 is 5.11 Å². The van der Waals surface area contributed by atoms with Crippen LogP contribution in [0.15, 0.2) is 41.3 Å². The van der Waals surface area contributed by atoms with Gasteiger partial charge in [0.2, 0.25) is 10.0 Å². The normalized spacial score (nSPS) is 12.9. The third-order valence-electron chi connectivity index (χ3n) is 4.79. The molecule has 0 spiro atoms. The molecule has 2 rings (SSSR count). The summed E-state index contributed by atoms with van der Waals surface area (Å²) in [5.41, 5.74) is 0. The van der Waals surface area contributed by atoms with Gasteiger partial charge in [-0.15, -0.1) is 11.3 Å². The Kier molecular flexibility index (Phi) is 9.81. The van der Waals surface area contributed by atoms with Crippen molar-refractivity contribution in [1.82, 2.24) is 4.72 Å². The lowest BCUT2D eigenvalue weighted by Gasteiger charge is -2.18. The first-order valence-corrected chi connectivity index (χ1v) is 12.9. The van der Waals surface area contributed by atoms with Crippen LogP contribution in [0.2, 0.25) is 5.02 Å². The van der Waals surface area contributed by atoms with Crippen LogP contribution in [0.3, 0.4) is 0 Å². The van der Waals surface area contributed by atoms with E-state index in [1.165, 1.54) is 12.1 Å². The highest BCUT2D eigenvalue weighted by atomic mass is 35.5. The van der Waals surface area contributed by atoms with E-state index >= 15 is 0 Å². The number of hydrogen-bond acceptors (Lipinski definition) is 4. The van der Waals surface area contributed by atoms with E-state index in [0.29, 0.717) is 30.2 Å². The minimum atomic E-state index is -3.68. The summed E-state index contributed by atoms with van der Waals surface area (Å²) in [7, 11) is -3.68. The molecule has 8 heteroatoms. The third-order valence-corrected chi connectivity index (χ3v) is 7.78. The first-order chi connectivity index (χ1) is 14.2. The maximum Gasteiger partial charge on any atom is 0.303 e. The Balaban J connectivity index is 2.12. The number of sulfonamides is 1. The van der Waals surface area contributed by atoms with Crippen molar-refractivity contribution in [3.63, 3.8) is 0 Å². The van der Waals surface area contributed by atoms with Gasteiger partial charge in [0.15, 0.2) is 0 Å². The molecule has 0 saturated carbocycles. The Bertz CT molecular complexity index is 907. The van der Waals surface area contributed by atoms with Crippen LogP contribution < -0.4 is 4.72 Å². The lowest BCUT2D eigenvalue weighted by molar-refractivity contribution is -0.137. The SMILES string of the molecule is CC(C)CCCCC(NS(=O)(=O)c1ccc(Cl)cc1)c1ccc(CCCC(=O)O)s1. The number of thiophene rings is 1. The van der Waals surface area contributed by atoms with Crippen molar-refractivity contribution in [3.05, 3.63) is 51.2 Å². The number of unbranched alkanes of at least 4 members (excludes halogenated alkanes) is 1. The van der Waals surface area contributed by atoms with E-state index in [-0.39, 0.29) is 17.4 Å². The molecule has 0 aliphatic rings. The first-order valence-electron chi connectivity index (χ1n) is 10.3. The van der Waals surface area contributed by atoms with Gasteiger partial charge in [0.05, 0.1) is 10.9 Å². The number of hydrogen-bond donors (Lipinski definition) is 2. The van der Waals surface area contributed by atoms with Crippen LogP contribution in [-0.2, 0) is 21.2 Å². The number of aryl methyl sites for hydroxylation is 1. The van der Waals surface area contributed by atoms with Gasteiger partial charge in [0, 0.05) is 21.2 Å². The summed E-state index contributed by atoms with van der Waals surface area (Å²) in [6, 6.07) is 9.77. The predicted octanol–water partition coefficient (Wildman–Crippen LogP) is 6.04. The number of carbonyl (C=O) groups is 1. The van der Waals surface area contributed by atoms with Crippen LogP contribution in [0, 0.1) is 5.92 Å². The van der Waals surface area contributed by atoms with E-state index in [1.807, 2.05) is 12.1 Å². The quantitative estimate of drug-likeness (QED) is 0.348. The van der Waals surface area contributed by atoms with E-state index in [2.05, 4.69) is 18.6 Å². The van der Waals surface area contributed by atoms with Gasteiger partial charge in [-0.3, -0.25) is 4.79 Å². The molecule has 0 fully saturated rings. The van der Waals surface area contributed by atoms with Gasteiger partial charge in [0.1, 0.15) is 0 Å². The number of benzene rings is 1. The third kappa shape index (κ3) is 8.38. The summed E-state index contributed by atoms with van der Waals surface area (Å²) in [4.78, 5) is 13.0. The van der Waals surface area contributed by atoms with Crippen LogP contribution in [0.1, 0.15) is 68.2 Å². The number of nitrogens with one attached hydrogen (secondary N) is 1. The van der Waals surface area contributed by atoms with Gasteiger partial charge >= 0.3 is 5.97 Å². The molecule has 0 amide bonds. The van der Waals surface area contributed by atoms with E-state index < -0.39 is 16.0 Å². The Hall–Kier alpha value is -1.41. The molecule has 1 aromatic carbocycles. The topological polar surface area (TPSA) is 83.5 Å². The zero-order valence-corrected chi connectivity index (χ0v) is 19.8. The smallest absolute Gasteiger partial charge is 0.303 e. The Labute approximate surface area is 188 Å². The van der Waals surface area contributed by atoms with Crippen molar-refractivity contribution in [2.45, 2.75) is 69.7 Å². The number of carboxylic acid groups (broad SMARTS) is 1. The molecule has 1 heterocycles. The molecule has 1 atom stereocenters. The maximum atomic E-state index is 12.9. The van der Waals surface area contributed by atoms with Gasteiger partial charge in [-0.2, -0.15) is 0 Å². The van der Waals surface area contributed by atoms with Crippen molar-refractivity contribution in [2.24, 2.45) is 5.92 Å². The predicted molar refractivity (Wildman–Crippen MR) is 123 cm³/mol. The molecular weight excluding hydrogens is 442 g/mol. The molecule has 166 valence electrons. The Morgan fingerprint density at radius 1 is 1.07 bits per heavy atom. The van der Waals surface area contributed by atoms with Gasteiger partial charge in [-0.1, -0.05) is 44.7 Å². The summed E-state index contributed by atoms with van der Waals surface area (Å²) >= 11 is 7.44. The number of halogens is 1. The second kappa shape index (κ2) is 11.8. The van der Waals surface area contributed by atoms with Crippen molar-refractivity contribution >= 4 is 38.9 Å². The van der Waals surface area contributed by atoms with Crippen LogP contribution in [0.4, 0.5) is 0 Å². The molecule has 0 radical (unpaired) electrons. The summed E-state index contributed by atoms with van der Waals surface area (Å²) in [6.07, 6.45) is 5.20. The number of aliphatic carboxylic acids is 1. The van der Waals surface area contributed by atoms with E-state index in [4.69, 9.17) is 16.7 Å². The average molecular weight is 472 g/mol. The molecule has 0 saturated heterocycles. The van der Waals surface area contributed by atoms with Crippen LogP contribution in [0.25, 0.3) is 0 Å². The minimum absolute atomic E-state index is 0.134. The Morgan fingerprint density at radius 3 is 2.37 bits per heavy atom. The molecular formula is C22H30ClNO4S2. The highest BCUT2D eigenvalue weighted by Gasteiger charge is 2.22. The van der Waals surface area contributed by atoms with Gasteiger partial charge in [0.25, 0.3) is 0 Å². The molecule has 2 N–H and O–H groups in total. The molecule has 1 aromatic heterocycles. The molecule has 1 unspecified atom stereocenters. The maximum absolute atomic E-state index is 12.9. The average Bonchev–Trinajstić information content (AvgIpc) is 3.13. The van der Waals surface area contributed by atoms with Crippen LogP contribution in [0.5, 0.6) is 0 Å². The summed E-state index contributed by atoms with van der Waals surface area (Å²) in [5.74, 6) is -0.178. The van der Waals surface area contributed by atoms with Gasteiger partial charge in [-0.05, 0) is 61.6 Å². The minimum Gasteiger partial charge on any atom is -0.481 e. The fraction of sp³-hybridized carbons (Fsp3) is 0.500. The van der Waals surface area contributed by atoms with Crippen molar-refractivity contribution in [3.8, 4) is 0 Å². The molecule has 5 nitrogen and oxygen atoms in total. The molecule has 2 aromatic rings. The zero-order valence-electron chi connectivity index (χ0n) is 17.4. The Morgan fingerprint density at radius 2 is 1.73 bits per heavy atom. The van der Waals surface area contributed by atoms with E-state index in [9.17, 15) is 13.2 Å². The number of rotatable bonds is 13. The largest absolute Gasteiger partial charge is 0.481 e. The highest BCUT2D eigenvalue weighted by molar-refractivity contribution is 7.89. The van der Waals surface area contributed by atoms with Crippen molar-refractivity contribution < 1.29 is 18.3 Å². The lowest BCUT2D eigenvalue weighted by atomic mass is 10.0. The fourth-order valence-corrected chi connectivity index (χ4v) is 5.75. The van der Waals surface area contributed by atoms with Crippen molar-refractivity contribution in [2.75, 3.05) is 0 Å². The molecule has 0 aliphatic heterocycles. The van der Waals surface area contributed by atoms with Crippen molar-refractivity contribution in [1.29, 1.82) is 0 Å². The van der Waals surface area contributed by atoms with E-state index in [1.54, 1.807) is 23.5 Å². The summed E-state index contributed by atoms with van der Waals surface area (Å²) < 4.78 is 28.7. The first kappa shape index (κ1) is 24.9. The van der Waals surface area contributed by atoms with E-state index in [0.717, 1.165) is 29.0 Å². The molecule has 0 bridgehead atoms. The lowest BCUT2D eigenvalue weighted by Crippen LogP contribution is -2.28. The van der Waals surface area contributed by atoms with Crippen LogP contribution >= 0.6 is 22.9 Å². The number of carboxylic acids is 1. The molecule has 0 aliphatic carbocycles. The fourth-order valence-electron chi connectivity index (χ4n) is 3.16. The second-order valence-electron chi connectivity index (χ2n) is 7.86. The van der Waals surface area contributed by atoms with Gasteiger partial charge in [-0.25, -0.2) is 13.1 Å². The monoisotopic (exact) mass is 471 g/mol. The van der Waals surface area contributed by atoms with Crippen LogP contribution in [-0.4, -0.2) is 19.5 Å². The summed E-state index contributed by atoms with van der Waals surface area (Å²) in [6.45, 7) is 4.37. The standard InChI is InChI=1S/C22H30ClNO4S2/c1-16(2)6-3-4-8-20(21-15-12-18(29-21)7-5-9-22(25)26)24-30(27,28)19-13-10-17(23)11-14-19/h10-16,20,24H,3-9H2,1-2H3,(H,25,26).